The molecule has 1 saturated heterocycles. The van der Waals surface area contributed by atoms with Crippen LogP contribution in [0.3, 0.4) is 0 Å². The highest BCUT2D eigenvalue weighted by atomic mass is 32.2. The Hall–Kier alpha value is -0.960. The average Bonchev–Trinajstić information content (AvgIpc) is 3.03. The molecular formula is C15H27N5O2S. The minimum Gasteiger partial charge on any atom is -0.339 e. The lowest BCUT2D eigenvalue weighted by atomic mass is 9.80. The molecule has 1 saturated carbocycles. The van der Waals surface area contributed by atoms with Gasteiger partial charge in [-0.2, -0.15) is 4.31 Å². The molecule has 8 heteroatoms. The summed E-state index contributed by atoms with van der Waals surface area (Å²) in [5.41, 5.74) is 6.18. The minimum absolute atomic E-state index is 0.0824. The summed E-state index contributed by atoms with van der Waals surface area (Å²) in [6.45, 7) is 3.20. The monoisotopic (exact) mass is 341 g/mol. The van der Waals surface area contributed by atoms with Crippen LogP contribution in [0.25, 0.3) is 0 Å². The van der Waals surface area contributed by atoms with Crippen LogP contribution in [0.2, 0.25) is 0 Å². The molecule has 1 aliphatic carbocycles. The van der Waals surface area contributed by atoms with Gasteiger partial charge in [0.2, 0.25) is 0 Å². The van der Waals surface area contributed by atoms with E-state index in [0.717, 1.165) is 25.9 Å². The minimum atomic E-state index is -3.48. The van der Waals surface area contributed by atoms with Crippen LogP contribution >= 0.6 is 0 Å². The fraction of sp³-hybridized carbons (Fsp3) is 0.800. The maximum atomic E-state index is 12.6. The topological polar surface area (TPSA) is 84.5 Å². The van der Waals surface area contributed by atoms with Gasteiger partial charge < -0.3 is 10.3 Å². The summed E-state index contributed by atoms with van der Waals surface area (Å²) in [4.78, 5) is 6.43. The molecule has 0 unspecified atom stereocenters. The van der Waals surface area contributed by atoms with Crippen LogP contribution in [0.15, 0.2) is 17.6 Å². The van der Waals surface area contributed by atoms with Gasteiger partial charge in [-0.3, -0.25) is 4.90 Å². The lowest BCUT2D eigenvalue weighted by Gasteiger charge is -2.49. The Morgan fingerprint density at radius 1 is 1.17 bits per heavy atom. The first-order chi connectivity index (χ1) is 11.0. The predicted octanol–water partition coefficient (Wildman–Crippen LogP) is 0.388. The smallest absolute Gasteiger partial charge is 0.262 e. The van der Waals surface area contributed by atoms with Crippen molar-refractivity contribution in [1.29, 1.82) is 0 Å². The van der Waals surface area contributed by atoms with Crippen molar-refractivity contribution in [2.24, 2.45) is 12.8 Å². The Labute approximate surface area is 138 Å². The van der Waals surface area contributed by atoms with E-state index < -0.39 is 10.0 Å². The van der Waals surface area contributed by atoms with Crippen molar-refractivity contribution in [1.82, 2.24) is 18.8 Å². The SMILES string of the molecule is Cn1cnc(S(=O)(=O)N2CCN(C3(CN)CCCCC3)CC2)c1. The third-order valence-corrected chi connectivity index (χ3v) is 7.14. The molecule has 3 rings (SSSR count). The van der Waals surface area contributed by atoms with Crippen LogP contribution in [0.1, 0.15) is 32.1 Å². The summed E-state index contributed by atoms with van der Waals surface area (Å²) in [6, 6.07) is 0. The van der Waals surface area contributed by atoms with Crippen molar-refractivity contribution >= 4 is 10.0 Å². The van der Waals surface area contributed by atoms with Crippen LogP contribution < -0.4 is 5.73 Å². The van der Waals surface area contributed by atoms with E-state index in [1.807, 2.05) is 0 Å². The van der Waals surface area contributed by atoms with Crippen molar-refractivity contribution in [3.8, 4) is 0 Å². The van der Waals surface area contributed by atoms with Crippen molar-refractivity contribution in [3.05, 3.63) is 12.5 Å². The number of piperazine rings is 1. The van der Waals surface area contributed by atoms with Gasteiger partial charge in [-0.25, -0.2) is 13.4 Å². The van der Waals surface area contributed by atoms with Gasteiger partial charge in [0.05, 0.1) is 6.33 Å². The Morgan fingerprint density at radius 2 is 1.83 bits per heavy atom. The number of rotatable bonds is 4. The highest BCUT2D eigenvalue weighted by Gasteiger charge is 2.40. The molecule has 0 radical (unpaired) electrons. The molecule has 23 heavy (non-hydrogen) atoms. The number of hydrogen-bond acceptors (Lipinski definition) is 5. The number of sulfonamides is 1. The summed E-state index contributed by atoms with van der Waals surface area (Å²) in [5, 5.41) is 0.139. The van der Waals surface area contributed by atoms with Crippen molar-refractivity contribution in [3.63, 3.8) is 0 Å². The van der Waals surface area contributed by atoms with Crippen molar-refractivity contribution < 1.29 is 8.42 Å². The van der Waals surface area contributed by atoms with Gasteiger partial charge in [-0.15, -0.1) is 0 Å². The normalized spacial score (nSPS) is 23.9. The van der Waals surface area contributed by atoms with Gasteiger partial charge >= 0.3 is 0 Å². The van der Waals surface area contributed by atoms with Gasteiger partial charge in [0.25, 0.3) is 10.0 Å². The van der Waals surface area contributed by atoms with Gasteiger partial charge in [0.15, 0.2) is 5.03 Å². The Bertz CT molecular complexity index is 628. The number of aryl methyl sites for hydroxylation is 1. The predicted molar refractivity (Wildman–Crippen MR) is 88.4 cm³/mol. The summed E-state index contributed by atoms with van der Waals surface area (Å²) in [5.74, 6) is 0. The fourth-order valence-corrected chi connectivity index (χ4v) is 5.30. The van der Waals surface area contributed by atoms with Crippen LogP contribution in [0.4, 0.5) is 0 Å². The van der Waals surface area contributed by atoms with Crippen molar-refractivity contribution in [2.75, 3.05) is 32.7 Å². The largest absolute Gasteiger partial charge is 0.339 e. The zero-order chi connectivity index (χ0) is 16.5. The second kappa shape index (κ2) is 6.51. The van der Waals surface area contributed by atoms with Crippen LogP contribution in [-0.4, -0.2) is 65.4 Å². The zero-order valence-corrected chi connectivity index (χ0v) is 14.6. The number of imidazole rings is 1. The maximum absolute atomic E-state index is 12.6. The van der Waals surface area contributed by atoms with E-state index in [9.17, 15) is 8.42 Å². The van der Waals surface area contributed by atoms with Gasteiger partial charge in [0, 0.05) is 51.5 Å². The summed E-state index contributed by atoms with van der Waals surface area (Å²) >= 11 is 0. The van der Waals surface area contributed by atoms with E-state index >= 15 is 0 Å². The molecule has 2 heterocycles. The molecule has 1 aromatic heterocycles. The average molecular weight is 341 g/mol. The van der Waals surface area contributed by atoms with Crippen LogP contribution in [0, 0.1) is 0 Å². The molecule has 2 N–H and O–H groups in total. The molecule has 1 aromatic rings. The van der Waals surface area contributed by atoms with E-state index in [4.69, 9.17) is 5.73 Å². The second-order valence-corrected chi connectivity index (χ2v) is 8.64. The number of hydrogen-bond donors (Lipinski definition) is 1. The second-order valence-electron chi connectivity index (χ2n) is 6.76. The highest BCUT2D eigenvalue weighted by molar-refractivity contribution is 7.89. The molecule has 2 fully saturated rings. The quantitative estimate of drug-likeness (QED) is 0.856. The Balaban J connectivity index is 1.68. The first-order valence-electron chi connectivity index (χ1n) is 8.41. The third kappa shape index (κ3) is 3.17. The van der Waals surface area contributed by atoms with E-state index in [0.29, 0.717) is 19.6 Å². The first-order valence-corrected chi connectivity index (χ1v) is 9.85. The molecule has 0 amide bonds. The number of aromatic nitrogens is 2. The lowest BCUT2D eigenvalue weighted by molar-refractivity contribution is 0.0305. The molecule has 130 valence electrons. The van der Waals surface area contributed by atoms with Crippen LogP contribution in [-0.2, 0) is 17.1 Å². The van der Waals surface area contributed by atoms with E-state index in [-0.39, 0.29) is 10.6 Å². The molecular weight excluding hydrogens is 314 g/mol. The number of nitrogens with two attached hydrogens (primary N) is 1. The number of nitrogens with zero attached hydrogens (tertiary/aromatic N) is 4. The molecule has 2 aliphatic rings. The Kier molecular flexibility index (Phi) is 4.78. The molecule has 0 bridgehead atoms. The summed E-state index contributed by atoms with van der Waals surface area (Å²) in [7, 11) is -1.70. The molecule has 0 spiro atoms. The van der Waals surface area contributed by atoms with Gasteiger partial charge in [0.1, 0.15) is 0 Å². The summed E-state index contributed by atoms with van der Waals surface area (Å²) < 4.78 is 28.5. The summed E-state index contributed by atoms with van der Waals surface area (Å²) in [6.07, 6.45) is 9.09. The van der Waals surface area contributed by atoms with E-state index in [1.165, 1.54) is 25.6 Å². The fourth-order valence-electron chi connectivity index (χ4n) is 3.92. The van der Waals surface area contributed by atoms with E-state index in [1.54, 1.807) is 22.1 Å². The Morgan fingerprint density at radius 3 is 2.35 bits per heavy atom. The van der Waals surface area contributed by atoms with Crippen LogP contribution in [0.5, 0.6) is 0 Å². The van der Waals surface area contributed by atoms with Crippen molar-refractivity contribution in [2.45, 2.75) is 42.7 Å². The van der Waals surface area contributed by atoms with E-state index in [2.05, 4.69) is 9.88 Å². The molecule has 1 aliphatic heterocycles. The highest BCUT2D eigenvalue weighted by Crippen LogP contribution is 2.34. The van der Waals surface area contributed by atoms with Gasteiger partial charge in [-0.1, -0.05) is 19.3 Å². The third-order valence-electron chi connectivity index (χ3n) is 5.36. The van der Waals surface area contributed by atoms with Gasteiger partial charge in [-0.05, 0) is 12.8 Å². The standard InChI is InChI=1S/C15H27N5O2S/c1-18-11-14(17-13-18)23(21,22)20-9-7-19(8-10-20)15(12-16)5-3-2-4-6-15/h11,13H,2-10,12,16H2,1H3. The zero-order valence-electron chi connectivity index (χ0n) is 13.8. The maximum Gasteiger partial charge on any atom is 0.262 e. The molecule has 0 aromatic carbocycles. The first kappa shape index (κ1) is 16.9. The lowest BCUT2D eigenvalue weighted by Crippen LogP contribution is -2.61. The molecule has 0 atom stereocenters. The molecule has 7 nitrogen and oxygen atoms in total.